The normalized spacial score (nSPS) is 10.7. The Morgan fingerprint density at radius 1 is 1.21 bits per heavy atom. The molecule has 0 fully saturated rings. The molecule has 0 atom stereocenters. The molecule has 0 aliphatic rings. The summed E-state index contributed by atoms with van der Waals surface area (Å²) in [5, 5.41) is 13.6. The van der Waals surface area contributed by atoms with Crippen molar-refractivity contribution in [3.63, 3.8) is 0 Å². The molecular formula is C16H14Br2N2O4. The van der Waals surface area contributed by atoms with Crippen molar-refractivity contribution in [1.29, 1.82) is 0 Å². The highest BCUT2D eigenvalue weighted by Crippen LogP contribution is 2.35. The van der Waals surface area contributed by atoms with Gasteiger partial charge in [-0.1, -0.05) is 15.9 Å². The van der Waals surface area contributed by atoms with Crippen LogP contribution in [0.15, 0.2) is 44.4 Å². The number of hydrogen-bond acceptors (Lipinski definition) is 5. The number of carbonyl (C=O) groups is 1. The van der Waals surface area contributed by atoms with Crippen LogP contribution in [-0.2, 0) is 0 Å². The fourth-order valence-corrected chi connectivity index (χ4v) is 2.91. The van der Waals surface area contributed by atoms with E-state index in [1.54, 1.807) is 25.3 Å². The van der Waals surface area contributed by atoms with E-state index in [1.165, 1.54) is 25.5 Å². The van der Waals surface area contributed by atoms with Crippen LogP contribution in [0.4, 0.5) is 0 Å². The molecule has 0 saturated carbocycles. The molecule has 0 heterocycles. The third kappa shape index (κ3) is 4.27. The minimum atomic E-state index is -0.524. The monoisotopic (exact) mass is 456 g/mol. The fourth-order valence-electron chi connectivity index (χ4n) is 1.93. The van der Waals surface area contributed by atoms with Crippen molar-refractivity contribution in [2.75, 3.05) is 14.2 Å². The zero-order chi connectivity index (χ0) is 17.7. The molecule has 1 amide bonds. The molecule has 0 radical (unpaired) electrons. The molecule has 0 saturated heterocycles. The molecule has 6 nitrogen and oxygen atoms in total. The molecule has 2 aromatic rings. The summed E-state index contributed by atoms with van der Waals surface area (Å²) in [5.74, 6) is 0.450. The maximum Gasteiger partial charge on any atom is 0.275 e. The summed E-state index contributed by atoms with van der Waals surface area (Å²) in [5.41, 5.74) is 3.18. The lowest BCUT2D eigenvalue weighted by Crippen LogP contribution is -2.17. The summed E-state index contributed by atoms with van der Waals surface area (Å²) in [6.45, 7) is 0. The third-order valence-corrected chi connectivity index (χ3v) is 4.12. The SMILES string of the molecule is COc1cc(/C=N\NC(=O)c2cc(Br)ccc2O)cc(Br)c1OC. The van der Waals surface area contributed by atoms with Crippen molar-refractivity contribution in [1.82, 2.24) is 5.43 Å². The minimum Gasteiger partial charge on any atom is -0.507 e. The first-order chi connectivity index (χ1) is 11.5. The molecule has 2 rings (SSSR count). The van der Waals surface area contributed by atoms with Gasteiger partial charge in [0.15, 0.2) is 11.5 Å². The van der Waals surface area contributed by atoms with Crippen LogP contribution in [0.25, 0.3) is 0 Å². The minimum absolute atomic E-state index is 0.120. The second-order valence-electron chi connectivity index (χ2n) is 4.60. The molecule has 0 spiro atoms. The fraction of sp³-hybridized carbons (Fsp3) is 0.125. The van der Waals surface area contributed by atoms with Gasteiger partial charge in [0, 0.05) is 4.47 Å². The van der Waals surface area contributed by atoms with Gasteiger partial charge >= 0.3 is 0 Å². The third-order valence-electron chi connectivity index (χ3n) is 3.04. The number of ether oxygens (including phenoxy) is 2. The molecule has 2 aromatic carbocycles. The number of amides is 1. The molecular weight excluding hydrogens is 444 g/mol. The van der Waals surface area contributed by atoms with E-state index in [2.05, 4.69) is 42.4 Å². The predicted octanol–water partition coefficient (Wildman–Crippen LogP) is 3.70. The van der Waals surface area contributed by atoms with Crippen molar-refractivity contribution < 1.29 is 19.4 Å². The average Bonchev–Trinajstić information content (AvgIpc) is 2.56. The van der Waals surface area contributed by atoms with Gasteiger partial charge in [0.1, 0.15) is 5.75 Å². The van der Waals surface area contributed by atoms with Gasteiger partial charge in [-0.05, 0) is 51.8 Å². The zero-order valence-electron chi connectivity index (χ0n) is 12.8. The lowest BCUT2D eigenvalue weighted by atomic mass is 10.2. The summed E-state index contributed by atoms with van der Waals surface area (Å²) < 4.78 is 11.8. The van der Waals surface area contributed by atoms with E-state index in [1.807, 2.05) is 0 Å². The van der Waals surface area contributed by atoms with Crippen LogP contribution in [0.5, 0.6) is 17.2 Å². The number of aromatic hydroxyl groups is 1. The average molecular weight is 458 g/mol. The summed E-state index contributed by atoms with van der Waals surface area (Å²) >= 11 is 6.63. The van der Waals surface area contributed by atoms with Gasteiger partial charge in [0.2, 0.25) is 0 Å². The molecule has 0 aromatic heterocycles. The van der Waals surface area contributed by atoms with Crippen LogP contribution < -0.4 is 14.9 Å². The van der Waals surface area contributed by atoms with E-state index in [4.69, 9.17) is 9.47 Å². The lowest BCUT2D eigenvalue weighted by Gasteiger charge is -2.10. The number of nitrogens with zero attached hydrogens (tertiary/aromatic N) is 1. The number of methoxy groups -OCH3 is 2. The van der Waals surface area contributed by atoms with Crippen LogP contribution in [0.2, 0.25) is 0 Å². The maximum absolute atomic E-state index is 12.0. The molecule has 0 aliphatic carbocycles. The Balaban J connectivity index is 2.15. The first kappa shape index (κ1) is 18.3. The first-order valence-electron chi connectivity index (χ1n) is 6.69. The number of rotatable bonds is 5. The van der Waals surface area contributed by atoms with Gasteiger partial charge in [-0.25, -0.2) is 5.43 Å². The van der Waals surface area contributed by atoms with Crippen molar-refractivity contribution in [2.24, 2.45) is 5.10 Å². The predicted molar refractivity (Wildman–Crippen MR) is 98.1 cm³/mol. The van der Waals surface area contributed by atoms with Crippen LogP contribution in [0, 0.1) is 0 Å². The highest BCUT2D eigenvalue weighted by Gasteiger charge is 2.11. The maximum atomic E-state index is 12.0. The molecule has 126 valence electrons. The first-order valence-corrected chi connectivity index (χ1v) is 8.28. The van der Waals surface area contributed by atoms with Crippen LogP contribution in [0.1, 0.15) is 15.9 Å². The molecule has 2 N–H and O–H groups in total. The van der Waals surface area contributed by atoms with Crippen LogP contribution in [-0.4, -0.2) is 31.4 Å². The number of phenols is 1. The van der Waals surface area contributed by atoms with Gasteiger partial charge in [-0.3, -0.25) is 4.79 Å². The van der Waals surface area contributed by atoms with Gasteiger partial charge in [-0.2, -0.15) is 5.10 Å². The van der Waals surface area contributed by atoms with Crippen molar-refractivity contribution >= 4 is 44.0 Å². The van der Waals surface area contributed by atoms with Crippen molar-refractivity contribution in [2.45, 2.75) is 0 Å². The Morgan fingerprint density at radius 2 is 1.96 bits per heavy atom. The number of halogens is 2. The molecule has 8 heteroatoms. The van der Waals surface area contributed by atoms with Crippen LogP contribution >= 0.6 is 31.9 Å². The highest BCUT2D eigenvalue weighted by atomic mass is 79.9. The standard InChI is InChI=1S/C16H14Br2N2O4/c1-23-14-6-9(5-12(18)15(14)24-2)8-19-20-16(22)11-7-10(17)3-4-13(11)21/h3-8,21H,1-2H3,(H,20,22)/b19-8-. The summed E-state index contributed by atoms with van der Waals surface area (Å²) in [6, 6.07) is 8.06. The second-order valence-corrected chi connectivity index (χ2v) is 6.37. The van der Waals surface area contributed by atoms with Gasteiger partial charge in [-0.15, -0.1) is 0 Å². The number of carbonyl (C=O) groups excluding carboxylic acids is 1. The highest BCUT2D eigenvalue weighted by molar-refractivity contribution is 9.10. The van der Waals surface area contributed by atoms with Crippen LogP contribution in [0.3, 0.4) is 0 Å². The Kier molecular flexibility index (Phi) is 6.22. The van der Waals surface area contributed by atoms with Crippen molar-refractivity contribution in [3.8, 4) is 17.2 Å². The topological polar surface area (TPSA) is 80.2 Å². The quantitative estimate of drug-likeness (QED) is 0.530. The Bertz CT molecular complexity index is 794. The smallest absolute Gasteiger partial charge is 0.275 e. The Morgan fingerprint density at radius 3 is 2.62 bits per heavy atom. The summed E-state index contributed by atoms with van der Waals surface area (Å²) in [7, 11) is 3.07. The Labute approximate surface area is 155 Å². The summed E-state index contributed by atoms with van der Waals surface area (Å²) in [4.78, 5) is 12.0. The lowest BCUT2D eigenvalue weighted by molar-refractivity contribution is 0.0952. The number of benzene rings is 2. The van der Waals surface area contributed by atoms with E-state index in [0.717, 1.165) is 0 Å². The molecule has 0 unspecified atom stereocenters. The summed E-state index contributed by atoms with van der Waals surface area (Å²) in [6.07, 6.45) is 1.46. The van der Waals surface area contributed by atoms with E-state index in [0.29, 0.717) is 26.0 Å². The van der Waals surface area contributed by atoms with E-state index in [-0.39, 0.29) is 11.3 Å². The van der Waals surface area contributed by atoms with Crippen molar-refractivity contribution in [3.05, 3.63) is 50.4 Å². The number of hydrogen-bond donors (Lipinski definition) is 2. The molecule has 0 aliphatic heterocycles. The molecule has 24 heavy (non-hydrogen) atoms. The van der Waals surface area contributed by atoms with E-state index in [9.17, 15) is 9.90 Å². The van der Waals surface area contributed by atoms with E-state index >= 15 is 0 Å². The van der Waals surface area contributed by atoms with E-state index < -0.39 is 5.91 Å². The Hall–Kier alpha value is -2.06. The number of phenolic OH excluding ortho intramolecular Hbond substituents is 1. The number of hydrazone groups is 1. The second kappa shape index (κ2) is 8.16. The molecule has 0 bridgehead atoms. The van der Waals surface area contributed by atoms with Gasteiger partial charge in [0.05, 0.1) is 30.5 Å². The van der Waals surface area contributed by atoms with Gasteiger partial charge < -0.3 is 14.6 Å². The van der Waals surface area contributed by atoms with Gasteiger partial charge in [0.25, 0.3) is 5.91 Å². The zero-order valence-corrected chi connectivity index (χ0v) is 16.0. The number of nitrogens with one attached hydrogen (secondary N) is 1. The largest absolute Gasteiger partial charge is 0.507 e.